The van der Waals surface area contributed by atoms with Gasteiger partial charge in [-0.05, 0) is 44.4 Å². The summed E-state index contributed by atoms with van der Waals surface area (Å²) < 4.78 is 24.9. The van der Waals surface area contributed by atoms with Crippen molar-refractivity contribution in [1.82, 2.24) is 5.32 Å². The lowest BCUT2D eigenvalue weighted by molar-refractivity contribution is 0.0186. The highest BCUT2D eigenvalue weighted by atomic mass is 19.1. The van der Waals surface area contributed by atoms with Crippen LogP contribution in [0.3, 0.4) is 0 Å². The fraction of sp³-hybridized carbons (Fsp3) is 0.625. The third-order valence-corrected chi connectivity index (χ3v) is 3.57. The van der Waals surface area contributed by atoms with E-state index in [2.05, 4.69) is 12.2 Å². The molecule has 2 atom stereocenters. The molecule has 1 fully saturated rings. The number of hydrogen-bond donors (Lipinski definition) is 1. The second kappa shape index (κ2) is 7.60. The standard InChI is InChI=1S/C16H24FNO2/c1-3-8-18-10-14-6-7-15(20-14)11-19-13-5-4-12(2)16(17)9-13/h4-5,9,14-15,18H,3,6-8,10-11H2,1-2H3. The monoisotopic (exact) mass is 281 g/mol. The number of ether oxygens (including phenoxy) is 2. The van der Waals surface area contributed by atoms with E-state index in [1.807, 2.05) is 0 Å². The Balaban J connectivity index is 1.71. The Morgan fingerprint density at radius 3 is 2.90 bits per heavy atom. The van der Waals surface area contributed by atoms with Crippen LogP contribution in [0.15, 0.2) is 18.2 Å². The minimum Gasteiger partial charge on any atom is -0.491 e. The number of rotatable bonds is 7. The summed E-state index contributed by atoms with van der Waals surface area (Å²) in [6.07, 6.45) is 3.61. The van der Waals surface area contributed by atoms with Crippen LogP contribution in [0, 0.1) is 12.7 Å². The van der Waals surface area contributed by atoms with Gasteiger partial charge in [0.1, 0.15) is 18.2 Å². The molecule has 1 aliphatic rings. The average molecular weight is 281 g/mol. The maximum absolute atomic E-state index is 13.4. The zero-order chi connectivity index (χ0) is 14.4. The van der Waals surface area contributed by atoms with Crippen LogP contribution in [-0.2, 0) is 4.74 Å². The highest BCUT2D eigenvalue weighted by Gasteiger charge is 2.25. The van der Waals surface area contributed by atoms with Crippen LogP contribution < -0.4 is 10.1 Å². The zero-order valence-electron chi connectivity index (χ0n) is 12.3. The zero-order valence-corrected chi connectivity index (χ0v) is 12.3. The molecule has 0 aliphatic carbocycles. The molecule has 1 aliphatic heterocycles. The Hall–Kier alpha value is -1.13. The molecule has 1 aromatic rings. The smallest absolute Gasteiger partial charge is 0.129 e. The van der Waals surface area contributed by atoms with Crippen molar-refractivity contribution in [1.29, 1.82) is 0 Å². The van der Waals surface area contributed by atoms with Crippen LogP contribution in [0.4, 0.5) is 4.39 Å². The lowest BCUT2D eigenvalue weighted by Gasteiger charge is -2.15. The van der Waals surface area contributed by atoms with Gasteiger partial charge in [0.15, 0.2) is 0 Å². The average Bonchev–Trinajstić information content (AvgIpc) is 2.88. The summed E-state index contributed by atoms with van der Waals surface area (Å²) in [4.78, 5) is 0. The van der Waals surface area contributed by atoms with Gasteiger partial charge in [-0.1, -0.05) is 13.0 Å². The molecule has 112 valence electrons. The molecule has 2 rings (SSSR count). The highest BCUT2D eigenvalue weighted by Crippen LogP contribution is 2.21. The van der Waals surface area contributed by atoms with Gasteiger partial charge in [-0.2, -0.15) is 0 Å². The molecule has 0 amide bonds. The van der Waals surface area contributed by atoms with E-state index in [4.69, 9.17) is 9.47 Å². The molecule has 1 aromatic carbocycles. The van der Waals surface area contributed by atoms with Crippen molar-refractivity contribution >= 4 is 0 Å². The molecule has 0 saturated carbocycles. The molecule has 1 saturated heterocycles. The van der Waals surface area contributed by atoms with Gasteiger partial charge < -0.3 is 14.8 Å². The summed E-state index contributed by atoms with van der Waals surface area (Å²) in [5.74, 6) is 0.348. The first-order chi connectivity index (χ1) is 9.69. The number of halogens is 1. The predicted octanol–water partition coefficient (Wildman–Crippen LogP) is 3.06. The van der Waals surface area contributed by atoms with Gasteiger partial charge in [-0.15, -0.1) is 0 Å². The maximum atomic E-state index is 13.4. The van der Waals surface area contributed by atoms with Crippen molar-refractivity contribution in [2.75, 3.05) is 19.7 Å². The number of aryl methyl sites for hydroxylation is 1. The van der Waals surface area contributed by atoms with Gasteiger partial charge in [-0.3, -0.25) is 0 Å². The first-order valence-corrected chi connectivity index (χ1v) is 7.44. The Morgan fingerprint density at radius 1 is 1.35 bits per heavy atom. The van der Waals surface area contributed by atoms with Crippen LogP contribution in [0.1, 0.15) is 31.7 Å². The van der Waals surface area contributed by atoms with E-state index in [0.29, 0.717) is 17.9 Å². The third-order valence-electron chi connectivity index (χ3n) is 3.57. The summed E-state index contributed by atoms with van der Waals surface area (Å²) in [5, 5.41) is 3.37. The van der Waals surface area contributed by atoms with Crippen molar-refractivity contribution in [3.05, 3.63) is 29.6 Å². The molecule has 1 N–H and O–H groups in total. The van der Waals surface area contributed by atoms with E-state index in [0.717, 1.165) is 32.4 Å². The lowest BCUT2D eigenvalue weighted by Crippen LogP contribution is -2.28. The van der Waals surface area contributed by atoms with Crippen LogP contribution in [0.5, 0.6) is 5.75 Å². The van der Waals surface area contributed by atoms with Crippen LogP contribution in [0.25, 0.3) is 0 Å². The topological polar surface area (TPSA) is 30.5 Å². The van der Waals surface area contributed by atoms with Gasteiger partial charge in [0.25, 0.3) is 0 Å². The Labute approximate surface area is 120 Å². The fourth-order valence-electron chi connectivity index (χ4n) is 2.35. The summed E-state index contributed by atoms with van der Waals surface area (Å²) in [6.45, 7) is 6.33. The lowest BCUT2D eigenvalue weighted by atomic mass is 10.2. The summed E-state index contributed by atoms with van der Waals surface area (Å²) >= 11 is 0. The largest absolute Gasteiger partial charge is 0.491 e. The van der Waals surface area contributed by atoms with Gasteiger partial charge in [-0.25, -0.2) is 4.39 Å². The van der Waals surface area contributed by atoms with E-state index in [-0.39, 0.29) is 18.0 Å². The quantitative estimate of drug-likeness (QED) is 0.779. The number of benzene rings is 1. The molecule has 2 unspecified atom stereocenters. The van der Waals surface area contributed by atoms with Crippen molar-refractivity contribution in [3.63, 3.8) is 0 Å². The second-order valence-electron chi connectivity index (χ2n) is 5.38. The SMILES string of the molecule is CCCNCC1CCC(COc2ccc(C)c(F)c2)O1. The minimum atomic E-state index is -0.225. The van der Waals surface area contributed by atoms with Crippen LogP contribution >= 0.6 is 0 Å². The minimum absolute atomic E-state index is 0.118. The van der Waals surface area contributed by atoms with Crippen molar-refractivity contribution in [2.45, 2.75) is 45.3 Å². The van der Waals surface area contributed by atoms with Crippen LogP contribution in [-0.4, -0.2) is 31.9 Å². The first-order valence-electron chi connectivity index (χ1n) is 7.44. The van der Waals surface area contributed by atoms with E-state index in [1.54, 1.807) is 19.1 Å². The summed E-state index contributed by atoms with van der Waals surface area (Å²) in [7, 11) is 0. The van der Waals surface area contributed by atoms with Crippen molar-refractivity contribution < 1.29 is 13.9 Å². The molecule has 3 nitrogen and oxygen atoms in total. The van der Waals surface area contributed by atoms with Crippen molar-refractivity contribution in [2.24, 2.45) is 0 Å². The number of hydrogen-bond acceptors (Lipinski definition) is 3. The molecule has 20 heavy (non-hydrogen) atoms. The maximum Gasteiger partial charge on any atom is 0.129 e. The molecule has 0 radical (unpaired) electrons. The van der Waals surface area contributed by atoms with E-state index in [1.165, 1.54) is 6.07 Å². The van der Waals surface area contributed by atoms with E-state index < -0.39 is 0 Å². The number of nitrogens with one attached hydrogen (secondary N) is 1. The van der Waals surface area contributed by atoms with E-state index in [9.17, 15) is 4.39 Å². The fourth-order valence-corrected chi connectivity index (χ4v) is 2.35. The Morgan fingerprint density at radius 2 is 2.15 bits per heavy atom. The second-order valence-corrected chi connectivity index (χ2v) is 5.38. The molecule has 0 aromatic heterocycles. The van der Waals surface area contributed by atoms with Gasteiger partial charge in [0.05, 0.1) is 12.2 Å². The Bertz CT molecular complexity index is 425. The Kier molecular flexibility index (Phi) is 5.80. The molecule has 0 spiro atoms. The van der Waals surface area contributed by atoms with Crippen molar-refractivity contribution in [3.8, 4) is 5.75 Å². The third kappa shape index (κ3) is 4.46. The normalized spacial score (nSPS) is 22.1. The highest BCUT2D eigenvalue weighted by molar-refractivity contribution is 5.27. The molecule has 1 heterocycles. The summed E-state index contributed by atoms with van der Waals surface area (Å²) in [6, 6.07) is 4.97. The van der Waals surface area contributed by atoms with E-state index >= 15 is 0 Å². The first kappa shape index (κ1) is 15.3. The summed E-state index contributed by atoms with van der Waals surface area (Å²) in [5.41, 5.74) is 0.636. The predicted molar refractivity (Wildman–Crippen MR) is 77.7 cm³/mol. The molecule has 0 bridgehead atoms. The van der Waals surface area contributed by atoms with Crippen LogP contribution in [0.2, 0.25) is 0 Å². The molecular weight excluding hydrogens is 257 g/mol. The molecular formula is C16H24FNO2. The van der Waals surface area contributed by atoms with Gasteiger partial charge >= 0.3 is 0 Å². The van der Waals surface area contributed by atoms with Gasteiger partial charge in [0, 0.05) is 12.6 Å². The van der Waals surface area contributed by atoms with Gasteiger partial charge in [0.2, 0.25) is 0 Å². The molecule has 4 heteroatoms.